The average molecular weight is 463 g/mol. The van der Waals surface area contributed by atoms with Crippen LogP contribution in [-0.4, -0.2) is 82.6 Å². The molecule has 1 fully saturated rings. The Morgan fingerprint density at radius 1 is 1.12 bits per heavy atom. The second-order valence-electron chi connectivity index (χ2n) is 7.46. The van der Waals surface area contributed by atoms with Gasteiger partial charge in [0.25, 0.3) is 16.1 Å². The molecule has 0 radical (unpaired) electrons. The van der Waals surface area contributed by atoms with E-state index in [0.29, 0.717) is 44.0 Å². The van der Waals surface area contributed by atoms with E-state index in [2.05, 4.69) is 10.3 Å². The summed E-state index contributed by atoms with van der Waals surface area (Å²) in [6, 6.07) is 6.80. The Balaban J connectivity index is 1.56. The summed E-state index contributed by atoms with van der Waals surface area (Å²) in [6.45, 7) is 6.13. The summed E-state index contributed by atoms with van der Waals surface area (Å²) in [5.74, 6) is -0.335. The molecular weight excluding hydrogens is 432 g/mol. The zero-order chi connectivity index (χ0) is 23.1. The number of benzene rings is 1. The quantitative estimate of drug-likeness (QED) is 0.604. The van der Waals surface area contributed by atoms with Gasteiger partial charge in [0.1, 0.15) is 0 Å². The van der Waals surface area contributed by atoms with Crippen molar-refractivity contribution in [2.75, 3.05) is 44.6 Å². The fraction of sp³-hybridized carbons (Fsp3) is 0.476. The number of rotatable bonds is 9. The lowest BCUT2D eigenvalue weighted by Gasteiger charge is -2.36. The number of aromatic nitrogens is 2. The number of amides is 2. The molecule has 1 saturated heterocycles. The maximum absolute atomic E-state index is 12.9. The van der Waals surface area contributed by atoms with Gasteiger partial charge < -0.3 is 14.8 Å². The predicted molar refractivity (Wildman–Crippen MR) is 121 cm³/mol. The van der Waals surface area contributed by atoms with Gasteiger partial charge in [0.15, 0.2) is 0 Å². The average Bonchev–Trinajstić information content (AvgIpc) is 3.32. The van der Waals surface area contributed by atoms with Crippen LogP contribution in [0.3, 0.4) is 0 Å². The largest absolute Gasteiger partial charge is 0.337 e. The summed E-state index contributed by atoms with van der Waals surface area (Å²) in [7, 11) is -3.50. The van der Waals surface area contributed by atoms with Crippen LogP contribution < -0.4 is 5.32 Å². The van der Waals surface area contributed by atoms with Gasteiger partial charge in [0, 0.05) is 75.9 Å². The van der Waals surface area contributed by atoms with Gasteiger partial charge in [-0.3, -0.25) is 9.59 Å². The Morgan fingerprint density at radius 3 is 2.47 bits per heavy atom. The molecule has 2 amide bonds. The number of aryl methyl sites for hydroxylation is 1. The minimum atomic E-state index is -3.50. The summed E-state index contributed by atoms with van der Waals surface area (Å²) in [4.78, 5) is 30.8. The second kappa shape index (κ2) is 10.7. The molecule has 0 atom stereocenters. The lowest BCUT2D eigenvalue weighted by molar-refractivity contribution is -0.116. The van der Waals surface area contributed by atoms with Crippen molar-refractivity contribution in [1.29, 1.82) is 0 Å². The molecule has 1 aliphatic rings. The number of hydrogen-bond acceptors (Lipinski definition) is 5. The van der Waals surface area contributed by atoms with Gasteiger partial charge in [-0.2, -0.15) is 17.0 Å². The molecule has 10 nitrogen and oxygen atoms in total. The highest BCUT2D eigenvalue weighted by atomic mass is 32.2. The molecule has 0 saturated carbocycles. The Labute approximate surface area is 189 Å². The van der Waals surface area contributed by atoms with Gasteiger partial charge in [-0.05, 0) is 18.2 Å². The molecule has 3 rings (SSSR count). The number of anilines is 1. The lowest BCUT2D eigenvalue weighted by Crippen LogP contribution is -2.54. The molecule has 2 aromatic rings. The van der Waals surface area contributed by atoms with Crippen LogP contribution in [0.25, 0.3) is 0 Å². The number of piperazine rings is 1. The molecular formula is C21H30N6O4S. The standard InChI is InChI=1S/C21H30N6O4S/c1-3-26(4-2)32(30,31)27-14-12-25(13-15-27)21(29)18-6-5-7-19(16-18)23-20(28)8-10-24-11-9-22-17-24/h5-7,9,11,16-17H,3-4,8,10,12-15H2,1-2H3,(H,23,28). The van der Waals surface area contributed by atoms with Crippen LogP contribution in [0.2, 0.25) is 0 Å². The molecule has 2 heterocycles. The fourth-order valence-corrected chi connectivity index (χ4v) is 5.22. The summed E-state index contributed by atoms with van der Waals surface area (Å²) >= 11 is 0. The van der Waals surface area contributed by atoms with Crippen molar-refractivity contribution in [3.05, 3.63) is 48.5 Å². The van der Waals surface area contributed by atoms with Crippen LogP contribution in [0.5, 0.6) is 0 Å². The first-order chi connectivity index (χ1) is 15.3. The van der Waals surface area contributed by atoms with Crippen LogP contribution in [0.1, 0.15) is 30.6 Å². The van der Waals surface area contributed by atoms with E-state index in [1.165, 1.54) is 8.61 Å². The molecule has 1 N–H and O–H groups in total. The number of imidazole rings is 1. The highest BCUT2D eigenvalue weighted by Gasteiger charge is 2.32. The molecule has 0 bridgehead atoms. The summed E-state index contributed by atoms with van der Waals surface area (Å²) in [6.07, 6.45) is 5.39. The van der Waals surface area contributed by atoms with Crippen LogP contribution in [0.15, 0.2) is 43.0 Å². The summed E-state index contributed by atoms with van der Waals surface area (Å²) < 4.78 is 30.0. The van der Waals surface area contributed by atoms with E-state index >= 15 is 0 Å². The van der Waals surface area contributed by atoms with Gasteiger partial charge in [0.05, 0.1) is 6.33 Å². The van der Waals surface area contributed by atoms with Crippen molar-refractivity contribution in [2.24, 2.45) is 0 Å². The Kier molecular flexibility index (Phi) is 7.99. The maximum Gasteiger partial charge on any atom is 0.282 e. The van der Waals surface area contributed by atoms with Gasteiger partial charge in [-0.1, -0.05) is 19.9 Å². The molecule has 1 aromatic carbocycles. The fourth-order valence-electron chi connectivity index (χ4n) is 3.62. The van der Waals surface area contributed by atoms with Crippen molar-refractivity contribution in [3.8, 4) is 0 Å². The molecule has 0 unspecified atom stereocenters. The number of carbonyl (C=O) groups excluding carboxylic acids is 2. The molecule has 1 aromatic heterocycles. The van der Waals surface area contributed by atoms with Crippen LogP contribution in [-0.2, 0) is 21.5 Å². The predicted octanol–water partition coefficient (Wildman–Crippen LogP) is 1.26. The minimum absolute atomic E-state index is 0.154. The summed E-state index contributed by atoms with van der Waals surface area (Å²) in [5.41, 5.74) is 1.01. The first-order valence-electron chi connectivity index (χ1n) is 10.7. The van der Waals surface area contributed by atoms with Crippen molar-refractivity contribution in [2.45, 2.75) is 26.8 Å². The van der Waals surface area contributed by atoms with E-state index in [1.54, 1.807) is 47.9 Å². The molecule has 32 heavy (non-hydrogen) atoms. The van der Waals surface area contributed by atoms with Gasteiger partial charge in [-0.15, -0.1) is 0 Å². The summed E-state index contributed by atoms with van der Waals surface area (Å²) in [5, 5.41) is 2.82. The Bertz CT molecular complexity index is 1010. The molecule has 174 valence electrons. The van der Waals surface area contributed by atoms with Crippen molar-refractivity contribution < 1.29 is 18.0 Å². The minimum Gasteiger partial charge on any atom is -0.337 e. The first kappa shape index (κ1) is 23.9. The van der Waals surface area contributed by atoms with E-state index < -0.39 is 10.2 Å². The van der Waals surface area contributed by atoms with Crippen molar-refractivity contribution >= 4 is 27.7 Å². The highest BCUT2D eigenvalue weighted by Crippen LogP contribution is 2.17. The number of carbonyl (C=O) groups is 2. The van der Waals surface area contributed by atoms with Crippen LogP contribution in [0, 0.1) is 0 Å². The Hall–Kier alpha value is -2.76. The topological polar surface area (TPSA) is 108 Å². The molecule has 1 aliphatic heterocycles. The van der Waals surface area contributed by atoms with E-state index in [9.17, 15) is 18.0 Å². The molecule has 11 heteroatoms. The lowest BCUT2D eigenvalue weighted by atomic mass is 10.1. The second-order valence-corrected chi connectivity index (χ2v) is 9.39. The smallest absolute Gasteiger partial charge is 0.282 e. The SMILES string of the molecule is CCN(CC)S(=O)(=O)N1CCN(C(=O)c2cccc(NC(=O)CCn3ccnc3)c2)CC1. The highest BCUT2D eigenvalue weighted by molar-refractivity contribution is 7.86. The number of nitrogens with one attached hydrogen (secondary N) is 1. The zero-order valence-electron chi connectivity index (χ0n) is 18.5. The van der Waals surface area contributed by atoms with E-state index in [1.807, 2.05) is 18.4 Å². The normalized spacial score (nSPS) is 15.2. The number of nitrogens with zero attached hydrogens (tertiary/aromatic N) is 5. The van der Waals surface area contributed by atoms with E-state index in [0.717, 1.165) is 0 Å². The van der Waals surface area contributed by atoms with Crippen molar-refractivity contribution in [3.63, 3.8) is 0 Å². The van der Waals surface area contributed by atoms with Crippen LogP contribution in [0.4, 0.5) is 5.69 Å². The Morgan fingerprint density at radius 2 is 1.84 bits per heavy atom. The third kappa shape index (κ3) is 5.72. The zero-order valence-corrected chi connectivity index (χ0v) is 19.3. The number of hydrogen-bond donors (Lipinski definition) is 1. The van der Waals surface area contributed by atoms with Gasteiger partial charge in [0.2, 0.25) is 5.91 Å². The van der Waals surface area contributed by atoms with Crippen LogP contribution >= 0.6 is 0 Å². The van der Waals surface area contributed by atoms with Gasteiger partial charge >= 0.3 is 0 Å². The van der Waals surface area contributed by atoms with Crippen molar-refractivity contribution in [1.82, 2.24) is 23.1 Å². The molecule has 0 spiro atoms. The first-order valence-corrected chi connectivity index (χ1v) is 12.1. The third-order valence-electron chi connectivity index (χ3n) is 5.43. The van der Waals surface area contributed by atoms with E-state index in [-0.39, 0.29) is 31.3 Å². The molecule has 0 aliphatic carbocycles. The third-order valence-corrected chi connectivity index (χ3v) is 7.62. The van der Waals surface area contributed by atoms with Gasteiger partial charge in [-0.25, -0.2) is 4.98 Å². The monoisotopic (exact) mass is 462 g/mol. The maximum atomic E-state index is 12.9. The van der Waals surface area contributed by atoms with E-state index in [4.69, 9.17) is 0 Å².